The number of likely N-dealkylation sites (N-methyl/N-ethyl adjacent to an activating group) is 1. The van der Waals surface area contributed by atoms with E-state index in [1.165, 1.54) is 32.1 Å². The van der Waals surface area contributed by atoms with Gasteiger partial charge < -0.3 is 5.32 Å². The lowest BCUT2D eigenvalue weighted by atomic mass is 9.89. The van der Waals surface area contributed by atoms with Crippen molar-refractivity contribution in [2.24, 2.45) is 5.92 Å². The topological polar surface area (TPSA) is 32.3 Å². The second-order valence-corrected chi connectivity index (χ2v) is 6.03. The van der Waals surface area contributed by atoms with E-state index in [9.17, 15) is 4.79 Å². The molecule has 0 saturated heterocycles. The van der Waals surface area contributed by atoms with Gasteiger partial charge in [0.2, 0.25) is 5.91 Å². The molecule has 3 heteroatoms. The average molecular weight is 274 g/mol. The van der Waals surface area contributed by atoms with Crippen LogP contribution in [-0.4, -0.2) is 31.4 Å². The summed E-state index contributed by atoms with van der Waals surface area (Å²) in [5.41, 5.74) is 1.05. The van der Waals surface area contributed by atoms with E-state index in [1.807, 2.05) is 49.3 Å². The van der Waals surface area contributed by atoms with Crippen molar-refractivity contribution < 1.29 is 4.79 Å². The Hall–Kier alpha value is -1.35. The highest BCUT2D eigenvalue weighted by molar-refractivity contribution is 5.83. The second kappa shape index (κ2) is 7.44. The Kier molecular flexibility index (Phi) is 5.60. The Morgan fingerprint density at radius 3 is 2.45 bits per heavy atom. The van der Waals surface area contributed by atoms with Crippen molar-refractivity contribution in [1.82, 2.24) is 10.2 Å². The third-order valence-corrected chi connectivity index (χ3v) is 4.17. The molecule has 1 aromatic carbocycles. The summed E-state index contributed by atoms with van der Waals surface area (Å²) in [6, 6.07) is 9.80. The summed E-state index contributed by atoms with van der Waals surface area (Å²) in [7, 11) is 3.91. The van der Waals surface area contributed by atoms with Gasteiger partial charge in [0.05, 0.1) is 0 Å². The minimum atomic E-state index is -0.195. The number of nitrogens with zero attached hydrogens (tertiary/aromatic N) is 1. The number of amides is 1. The molecule has 1 amide bonds. The Morgan fingerprint density at radius 2 is 1.85 bits per heavy atom. The molecule has 1 aliphatic rings. The zero-order chi connectivity index (χ0) is 14.4. The first-order valence-electron chi connectivity index (χ1n) is 7.67. The molecule has 1 saturated carbocycles. The van der Waals surface area contributed by atoms with E-state index in [4.69, 9.17) is 0 Å². The molecule has 20 heavy (non-hydrogen) atoms. The van der Waals surface area contributed by atoms with Gasteiger partial charge in [0.1, 0.15) is 6.04 Å². The minimum absolute atomic E-state index is 0.117. The molecule has 0 aromatic heterocycles. The van der Waals surface area contributed by atoms with Crippen molar-refractivity contribution in [3.63, 3.8) is 0 Å². The van der Waals surface area contributed by atoms with E-state index in [1.54, 1.807) is 0 Å². The largest absolute Gasteiger partial charge is 0.354 e. The molecule has 0 bridgehead atoms. The molecular formula is C17H26N2O. The maximum absolute atomic E-state index is 12.5. The molecule has 0 radical (unpaired) electrons. The van der Waals surface area contributed by atoms with Crippen LogP contribution in [0.4, 0.5) is 0 Å². The van der Waals surface area contributed by atoms with Crippen LogP contribution in [0.5, 0.6) is 0 Å². The molecular weight excluding hydrogens is 248 g/mol. The molecule has 1 aromatic rings. The monoisotopic (exact) mass is 274 g/mol. The normalized spacial score (nSPS) is 17.9. The van der Waals surface area contributed by atoms with Crippen LogP contribution in [0.2, 0.25) is 0 Å². The predicted octanol–water partition coefficient (Wildman–Crippen LogP) is 2.99. The van der Waals surface area contributed by atoms with Gasteiger partial charge in [0.15, 0.2) is 0 Å². The van der Waals surface area contributed by atoms with Gasteiger partial charge in [-0.3, -0.25) is 9.69 Å². The van der Waals surface area contributed by atoms with E-state index < -0.39 is 0 Å². The van der Waals surface area contributed by atoms with Gasteiger partial charge in [0.25, 0.3) is 0 Å². The van der Waals surface area contributed by atoms with Crippen molar-refractivity contribution in [3.05, 3.63) is 35.9 Å². The quantitative estimate of drug-likeness (QED) is 0.895. The average Bonchev–Trinajstić information content (AvgIpc) is 2.47. The predicted molar refractivity (Wildman–Crippen MR) is 82.5 cm³/mol. The first-order chi connectivity index (χ1) is 9.68. The van der Waals surface area contributed by atoms with Crippen molar-refractivity contribution in [2.75, 3.05) is 20.6 Å². The number of hydrogen-bond acceptors (Lipinski definition) is 2. The summed E-state index contributed by atoms with van der Waals surface area (Å²) < 4.78 is 0. The summed E-state index contributed by atoms with van der Waals surface area (Å²) in [6.45, 7) is 0.829. The summed E-state index contributed by atoms with van der Waals surface area (Å²) >= 11 is 0. The van der Waals surface area contributed by atoms with Gasteiger partial charge in [-0.2, -0.15) is 0 Å². The van der Waals surface area contributed by atoms with E-state index >= 15 is 0 Å². The summed E-state index contributed by atoms with van der Waals surface area (Å²) in [5, 5.41) is 3.15. The Morgan fingerprint density at radius 1 is 1.20 bits per heavy atom. The Labute approximate surface area is 122 Å². The molecule has 1 fully saturated rings. The van der Waals surface area contributed by atoms with Crippen molar-refractivity contribution in [2.45, 2.75) is 38.1 Å². The van der Waals surface area contributed by atoms with Gasteiger partial charge >= 0.3 is 0 Å². The van der Waals surface area contributed by atoms with Crippen molar-refractivity contribution in [3.8, 4) is 0 Å². The molecule has 110 valence electrons. The highest BCUT2D eigenvalue weighted by Gasteiger charge is 2.23. The fourth-order valence-electron chi connectivity index (χ4n) is 3.05. The molecule has 0 heterocycles. The van der Waals surface area contributed by atoms with Gasteiger partial charge in [0, 0.05) is 6.54 Å². The third-order valence-electron chi connectivity index (χ3n) is 4.17. The first kappa shape index (κ1) is 15.0. The fourth-order valence-corrected chi connectivity index (χ4v) is 3.05. The summed E-state index contributed by atoms with van der Waals surface area (Å²) in [5.74, 6) is 0.790. The first-order valence-corrected chi connectivity index (χ1v) is 7.67. The fraction of sp³-hybridized carbons (Fsp3) is 0.588. The van der Waals surface area contributed by atoms with Crippen LogP contribution in [-0.2, 0) is 4.79 Å². The zero-order valence-electron chi connectivity index (χ0n) is 12.6. The molecule has 1 atom stereocenters. The lowest BCUT2D eigenvalue weighted by Crippen LogP contribution is -2.39. The number of carbonyl (C=O) groups excluding carboxylic acids is 1. The number of hydrogen-bond donors (Lipinski definition) is 1. The lowest BCUT2D eigenvalue weighted by molar-refractivity contribution is -0.126. The van der Waals surface area contributed by atoms with Crippen LogP contribution in [0.1, 0.15) is 43.7 Å². The van der Waals surface area contributed by atoms with Crippen LogP contribution in [0.25, 0.3) is 0 Å². The van der Waals surface area contributed by atoms with Crippen LogP contribution >= 0.6 is 0 Å². The molecule has 0 spiro atoms. The lowest BCUT2D eigenvalue weighted by Gasteiger charge is -2.26. The van der Waals surface area contributed by atoms with E-state index in [0.717, 1.165) is 12.1 Å². The van der Waals surface area contributed by atoms with Gasteiger partial charge in [-0.05, 0) is 38.4 Å². The van der Waals surface area contributed by atoms with Crippen LogP contribution in [0, 0.1) is 5.92 Å². The highest BCUT2D eigenvalue weighted by atomic mass is 16.2. The van der Waals surface area contributed by atoms with Crippen LogP contribution in [0.15, 0.2) is 30.3 Å². The van der Waals surface area contributed by atoms with E-state index in [-0.39, 0.29) is 11.9 Å². The minimum Gasteiger partial charge on any atom is -0.354 e. The standard InChI is InChI=1S/C17H26N2O/c1-19(2)16(15-11-7-4-8-12-15)17(20)18-13-14-9-5-3-6-10-14/h4,7-8,11-12,14,16H,3,5-6,9-10,13H2,1-2H3,(H,18,20). The zero-order valence-corrected chi connectivity index (χ0v) is 12.6. The summed E-state index contributed by atoms with van der Waals surface area (Å²) in [4.78, 5) is 14.5. The molecule has 1 unspecified atom stereocenters. The molecule has 0 aliphatic heterocycles. The van der Waals surface area contributed by atoms with E-state index in [2.05, 4.69) is 5.32 Å². The van der Waals surface area contributed by atoms with Crippen molar-refractivity contribution in [1.29, 1.82) is 0 Å². The van der Waals surface area contributed by atoms with Gasteiger partial charge in [-0.25, -0.2) is 0 Å². The van der Waals surface area contributed by atoms with Gasteiger partial charge in [-0.1, -0.05) is 49.6 Å². The van der Waals surface area contributed by atoms with Crippen molar-refractivity contribution >= 4 is 5.91 Å². The number of carbonyl (C=O) groups is 1. The third kappa shape index (κ3) is 4.07. The molecule has 1 N–H and O–H groups in total. The highest BCUT2D eigenvalue weighted by Crippen LogP contribution is 2.23. The maximum atomic E-state index is 12.5. The van der Waals surface area contributed by atoms with Crippen LogP contribution < -0.4 is 5.32 Å². The second-order valence-electron chi connectivity index (χ2n) is 6.03. The Bertz CT molecular complexity index is 410. The van der Waals surface area contributed by atoms with Crippen LogP contribution in [0.3, 0.4) is 0 Å². The van der Waals surface area contributed by atoms with E-state index in [0.29, 0.717) is 5.92 Å². The van der Waals surface area contributed by atoms with Gasteiger partial charge in [-0.15, -0.1) is 0 Å². The molecule has 2 rings (SSSR count). The number of nitrogens with one attached hydrogen (secondary N) is 1. The SMILES string of the molecule is CN(C)C(C(=O)NCC1CCCCC1)c1ccccc1. The Balaban J connectivity index is 1.93. The number of rotatable bonds is 5. The molecule has 3 nitrogen and oxygen atoms in total. The smallest absolute Gasteiger partial charge is 0.241 e. The molecule has 1 aliphatic carbocycles. The maximum Gasteiger partial charge on any atom is 0.241 e. The number of benzene rings is 1. The summed E-state index contributed by atoms with van der Waals surface area (Å²) in [6.07, 6.45) is 6.51.